The SMILES string of the molecule is Cl.Cl.ClCCCl.[C]. The fourth-order valence-electron chi connectivity index (χ4n) is 0. The van der Waals surface area contributed by atoms with Crippen LogP contribution in [0.15, 0.2) is 0 Å². The molecule has 0 heterocycles. The Hall–Kier alpha value is 1.16. The second kappa shape index (κ2) is 27.2. The van der Waals surface area contributed by atoms with Crippen LogP contribution < -0.4 is 0 Å². The average Bonchev–Trinajstić information content (AvgIpc) is 1.37. The molecule has 0 amide bonds. The van der Waals surface area contributed by atoms with Crippen LogP contribution in [-0.2, 0) is 0 Å². The van der Waals surface area contributed by atoms with Crippen molar-refractivity contribution in [3.63, 3.8) is 0 Å². The van der Waals surface area contributed by atoms with Gasteiger partial charge in [-0.2, -0.15) is 0 Å². The Morgan fingerprint density at radius 3 is 1.00 bits per heavy atom. The van der Waals surface area contributed by atoms with Crippen molar-refractivity contribution >= 4 is 48.0 Å². The lowest BCUT2D eigenvalue weighted by molar-refractivity contribution is 1.52. The molecule has 0 aromatic heterocycles. The lowest BCUT2D eigenvalue weighted by Gasteiger charge is -1.63. The Morgan fingerprint density at radius 2 is 1.00 bits per heavy atom. The highest BCUT2D eigenvalue weighted by Crippen LogP contribution is 1.75. The zero-order valence-corrected chi connectivity index (χ0v) is 6.63. The van der Waals surface area contributed by atoms with E-state index in [9.17, 15) is 0 Å². The average molecular weight is 184 g/mol. The quantitative estimate of drug-likeness (QED) is 0.548. The standard InChI is InChI=1S/C2H4Cl2.C.2ClH/c3-1-2-4;;;/h1-2H2;;2*1H. The Morgan fingerprint density at radius 1 is 0.857 bits per heavy atom. The Kier molecular flexibility index (Phi) is 94.0. The third-order valence-electron chi connectivity index (χ3n) is 0.0714. The minimum absolute atomic E-state index is 0. The van der Waals surface area contributed by atoms with E-state index in [2.05, 4.69) is 0 Å². The number of halogens is 4. The lowest BCUT2D eigenvalue weighted by Crippen LogP contribution is -1.63. The topological polar surface area (TPSA) is 0 Å². The van der Waals surface area contributed by atoms with E-state index in [0.717, 1.165) is 0 Å². The molecule has 0 aromatic carbocycles. The van der Waals surface area contributed by atoms with Gasteiger partial charge in [0.2, 0.25) is 0 Å². The van der Waals surface area contributed by atoms with Crippen molar-refractivity contribution in [3.8, 4) is 0 Å². The second-order valence-electron chi connectivity index (χ2n) is 0.378. The molecule has 46 valence electrons. The molecule has 0 atom stereocenters. The van der Waals surface area contributed by atoms with E-state index in [1.165, 1.54) is 0 Å². The van der Waals surface area contributed by atoms with E-state index in [0.29, 0.717) is 11.8 Å². The highest BCUT2D eigenvalue weighted by molar-refractivity contribution is 6.25. The first-order chi connectivity index (χ1) is 1.91. The summed E-state index contributed by atoms with van der Waals surface area (Å²) in [7, 11) is 0. The van der Waals surface area contributed by atoms with Crippen LogP contribution in [0.2, 0.25) is 0 Å². The molecule has 0 N–H and O–H groups in total. The van der Waals surface area contributed by atoms with Crippen LogP contribution in [0, 0.1) is 7.43 Å². The van der Waals surface area contributed by atoms with E-state index in [1.54, 1.807) is 0 Å². The molecular weight excluding hydrogens is 178 g/mol. The summed E-state index contributed by atoms with van der Waals surface area (Å²) in [4.78, 5) is 0. The van der Waals surface area contributed by atoms with Crippen LogP contribution in [0.1, 0.15) is 0 Å². The fourth-order valence-corrected chi connectivity index (χ4v) is 0. The van der Waals surface area contributed by atoms with Crippen molar-refractivity contribution in [2.24, 2.45) is 0 Å². The third-order valence-corrected chi connectivity index (χ3v) is 0.643. The molecule has 0 aliphatic heterocycles. The van der Waals surface area contributed by atoms with Gasteiger partial charge in [-0.1, -0.05) is 0 Å². The van der Waals surface area contributed by atoms with Gasteiger partial charge in [0.15, 0.2) is 0 Å². The van der Waals surface area contributed by atoms with Gasteiger partial charge in [0.1, 0.15) is 0 Å². The van der Waals surface area contributed by atoms with E-state index in [4.69, 9.17) is 23.2 Å². The van der Waals surface area contributed by atoms with Gasteiger partial charge in [-0.25, -0.2) is 0 Å². The summed E-state index contributed by atoms with van der Waals surface area (Å²) in [5.74, 6) is 1.11. The summed E-state index contributed by atoms with van der Waals surface area (Å²) >= 11 is 10.1. The van der Waals surface area contributed by atoms with E-state index < -0.39 is 0 Å². The monoisotopic (exact) mass is 182 g/mol. The summed E-state index contributed by atoms with van der Waals surface area (Å²) in [5, 5.41) is 0. The Bertz CT molecular complexity index is 8.90. The van der Waals surface area contributed by atoms with Gasteiger partial charge in [-0.3, -0.25) is 0 Å². The number of hydrogen-bond acceptors (Lipinski definition) is 0. The maximum Gasteiger partial charge on any atom is 0.0359 e. The number of alkyl halides is 2. The molecule has 0 aromatic rings. The molecule has 0 spiro atoms. The minimum Gasteiger partial charge on any atom is -0.147 e. The minimum atomic E-state index is 0. The van der Waals surface area contributed by atoms with Crippen LogP contribution in [0.3, 0.4) is 0 Å². The maximum absolute atomic E-state index is 5.05. The first kappa shape index (κ1) is 24.2. The van der Waals surface area contributed by atoms with Gasteiger partial charge in [0.05, 0.1) is 0 Å². The van der Waals surface area contributed by atoms with Crippen molar-refractivity contribution in [2.45, 2.75) is 0 Å². The summed E-state index contributed by atoms with van der Waals surface area (Å²) < 4.78 is 0. The van der Waals surface area contributed by atoms with Gasteiger partial charge in [-0.05, 0) is 0 Å². The molecule has 7 heavy (non-hydrogen) atoms. The maximum atomic E-state index is 5.05. The molecule has 0 rings (SSSR count). The first-order valence-electron chi connectivity index (χ1n) is 1.03. The highest BCUT2D eigenvalue weighted by Gasteiger charge is 1.61. The van der Waals surface area contributed by atoms with Gasteiger partial charge >= 0.3 is 0 Å². The molecule has 0 saturated heterocycles. The molecule has 0 unspecified atom stereocenters. The smallest absolute Gasteiger partial charge is 0.0359 e. The molecule has 0 saturated carbocycles. The highest BCUT2D eigenvalue weighted by atomic mass is 35.5. The third kappa shape index (κ3) is 40.9. The van der Waals surface area contributed by atoms with Crippen LogP contribution in [0.25, 0.3) is 0 Å². The molecule has 4 heteroatoms. The van der Waals surface area contributed by atoms with E-state index in [-0.39, 0.29) is 32.2 Å². The number of rotatable bonds is 1. The van der Waals surface area contributed by atoms with Crippen molar-refractivity contribution in [3.05, 3.63) is 7.43 Å². The first-order valence-corrected chi connectivity index (χ1v) is 2.10. The molecule has 4 radical (unpaired) electrons. The normalized spacial score (nSPS) is 4.29. The molecule has 0 aliphatic carbocycles. The molecule has 0 fully saturated rings. The second-order valence-corrected chi connectivity index (χ2v) is 1.13. The molecular formula is C3H6Cl4. The summed E-state index contributed by atoms with van der Waals surface area (Å²) in [6, 6.07) is 0. The lowest BCUT2D eigenvalue weighted by atomic mass is 11.0. The fraction of sp³-hybridized carbons (Fsp3) is 0.667. The van der Waals surface area contributed by atoms with E-state index in [1.807, 2.05) is 0 Å². The Balaban J connectivity index is -0.0000000150. The zero-order valence-electron chi connectivity index (χ0n) is 3.49. The van der Waals surface area contributed by atoms with Crippen LogP contribution in [-0.4, -0.2) is 11.8 Å². The van der Waals surface area contributed by atoms with Crippen LogP contribution in [0.4, 0.5) is 0 Å². The van der Waals surface area contributed by atoms with Crippen LogP contribution in [0.5, 0.6) is 0 Å². The molecule has 0 aliphatic rings. The molecule has 0 bridgehead atoms. The predicted molar refractivity (Wildman–Crippen MR) is 39.2 cm³/mol. The molecule has 0 nitrogen and oxygen atoms in total. The van der Waals surface area contributed by atoms with Crippen molar-refractivity contribution in [2.75, 3.05) is 11.8 Å². The zero-order chi connectivity index (χ0) is 3.41. The van der Waals surface area contributed by atoms with E-state index >= 15 is 0 Å². The van der Waals surface area contributed by atoms with Crippen LogP contribution >= 0.6 is 48.0 Å². The Labute approximate surface area is 67.4 Å². The van der Waals surface area contributed by atoms with Crippen molar-refractivity contribution in [1.82, 2.24) is 0 Å². The largest absolute Gasteiger partial charge is 0.147 e. The summed E-state index contributed by atoms with van der Waals surface area (Å²) in [6.45, 7) is 0. The van der Waals surface area contributed by atoms with Gasteiger partial charge < -0.3 is 0 Å². The van der Waals surface area contributed by atoms with Crippen molar-refractivity contribution < 1.29 is 0 Å². The van der Waals surface area contributed by atoms with Gasteiger partial charge in [0, 0.05) is 19.2 Å². The predicted octanol–water partition coefficient (Wildman–Crippen LogP) is 2.39. The van der Waals surface area contributed by atoms with Gasteiger partial charge in [-0.15, -0.1) is 48.0 Å². The van der Waals surface area contributed by atoms with Gasteiger partial charge in [0.25, 0.3) is 0 Å². The number of hydrogen-bond donors (Lipinski definition) is 0. The van der Waals surface area contributed by atoms with Crippen molar-refractivity contribution in [1.29, 1.82) is 0 Å². The summed E-state index contributed by atoms with van der Waals surface area (Å²) in [6.07, 6.45) is 0. The summed E-state index contributed by atoms with van der Waals surface area (Å²) in [5.41, 5.74) is 0.